The Hall–Kier alpha value is -2.82. The van der Waals surface area contributed by atoms with E-state index in [2.05, 4.69) is 9.97 Å². The van der Waals surface area contributed by atoms with E-state index in [1.165, 1.54) is 11.6 Å². The number of anilines is 2. The molecule has 0 aliphatic heterocycles. The molecule has 11 heteroatoms. The molecule has 0 saturated carbocycles. The molecule has 0 saturated heterocycles. The van der Waals surface area contributed by atoms with E-state index in [-0.39, 0.29) is 34.7 Å². The first-order valence-corrected chi connectivity index (χ1v) is 8.37. The van der Waals surface area contributed by atoms with Gasteiger partial charge in [-0.25, -0.2) is 9.78 Å². The van der Waals surface area contributed by atoms with Crippen molar-refractivity contribution >= 4 is 29.2 Å². The Morgan fingerprint density at radius 2 is 2.00 bits per heavy atom. The van der Waals surface area contributed by atoms with Gasteiger partial charge in [0.1, 0.15) is 17.2 Å². The van der Waals surface area contributed by atoms with Crippen LogP contribution in [0.5, 0.6) is 0 Å². The maximum Gasteiger partial charge on any atom is 0.332 e. The van der Waals surface area contributed by atoms with Crippen molar-refractivity contribution in [2.45, 2.75) is 25.0 Å². The van der Waals surface area contributed by atoms with E-state index in [4.69, 9.17) is 11.5 Å². The van der Waals surface area contributed by atoms with Gasteiger partial charge >= 0.3 is 5.69 Å². The van der Waals surface area contributed by atoms with E-state index in [9.17, 15) is 19.2 Å². The van der Waals surface area contributed by atoms with Gasteiger partial charge in [-0.2, -0.15) is 0 Å². The third-order valence-electron chi connectivity index (χ3n) is 3.39. The Bertz CT molecular complexity index is 990. The lowest BCUT2D eigenvalue weighted by atomic mass is 10.2. The normalized spacial score (nSPS) is 10.8. The van der Waals surface area contributed by atoms with Crippen molar-refractivity contribution in [3.8, 4) is 0 Å². The highest BCUT2D eigenvalue weighted by Crippen LogP contribution is 2.15. The number of carbonyl (C=O) groups is 1. The fraction of sp³-hybridized carbons (Fsp3) is 0.357. The number of ketones is 1. The Morgan fingerprint density at radius 1 is 1.32 bits per heavy atom. The van der Waals surface area contributed by atoms with Crippen LogP contribution in [0.25, 0.3) is 0 Å². The first-order chi connectivity index (χ1) is 11.8. The standard InChI is InChI=1S/C14H18N6O4S/c1-3-4-20-11(16)10(12(23)19(2)14(20)24)7(21)6-25-13-17-8(15)5-9(22)18-13/h5H,3-4,6,16H2,1-2H3,(H3,15,17,18,22). The summed E-state index contributed by atoms with van der Waals surface area (Å²) in [6.07, 6.45) is 0.610. The fourth-order valence-electron chi connectivity index (χ4n) is 2.21. The molecule has 134 valence electrons. The Balaban J connectivity index is 2.37. The minimum atomic E-state index is -0.755. The Morgan fingerprint density at radius 3 is 2.60 bits per heavy atom. The molecule has 0 radical (unpaired) electrons. The second kappa shape index (κ2) is 7.38. The second-order valence-electron chi connectivity index (χ2n) is 5.25. The number of nitrogen functional groups attached to an aromatic ring is 2. The number of H-pyrrole nitrogens is 1. The van der Waals surface area contributed by atoms with Crippen LogP contribution in [-0.4, -0.2) is 30.6 Å². The van der Waals surface area contributed by atoms with Gasteiger partial charge < -0.3 is 16.5 Å². The summed E-state index contributed by atoms with van der Waals surface area (Å²) in [5.41, 5.74) is 9.32. The number of carbonyl (C=O) groups excluding carboxylic acids is 1. The average molecular weight is 366 g/mol. The summed E-state index contributed by atoms with van der Waals surface area (Å²) in [4.78, 5) is 54.5. The number of nitrogens with two attached hydrogens (primary N) is 2. The number of nitrogens with zero attached hydrogens (tertiary/aromatic N) is 3. The summed E-state index contributed by atoms with van der Waals surface area (Å²) >= 11 is 0.911. The van der Waals surface area contributed by atoms with E-state index in [0.717, 1.165) is 22.4 Å². The number of nitrogens with one attached hydrogen (secondary N) is 1. The maximum absolute atomic E-state index is 12.5. The van der Waals surface area contributed by atoms with Crippen LogP contribution in [0.3, 0.4) is 0 Å². The summed E-state index contributed by atoms with van der Waals surface area (Å²) in [5, 5.41) is 0.149. The first-order valence-electron chi connectivity index (χ1n) is 7.38. The first kappa shape index (κ1) is 18.5. The topological polar surface area (TPSA) is 159 Å². The molecule has 0 bridgehead atoms. The van der Waals surface area contributed by atoms with E-state index >= 15 is 0 Å². The van der Waals surface area contributed by atoms with Gasteiger partial charge in [0.15, 0.2) is 10.9 Å². The van der Waals surface area contributed by atoms with Gasteiger partial charge in [-0.1, -0.05) is 18.7 Å². The van der Waals surface area contributed by atoms with Gasteiger partial charge in [0, 0.05) is 19.7 Å². The molecule has 0 spiro atoms. The highest BCUT2D eigenvalue weighted by atomic mass is 32.2. The smallest absolute Gasteiger partial charge is 0.332 e. The largest absolute Gasteiger partial charge is 0.384 e. The molecular weight excluding hydrogens is 348 g/mol. The SMILES string of the molecule is CCCn1c(N)c(C(=O)CSc2nc(N)cc(=O)[nH]2)c(=O)n(C)c1=O. The van der Waals surface area contributed by atoms with Gasteiger partial charge in [0.25, 0.3) is 11.1 Å². The quantitative estimate of drug-likeness (QED) is 0.340. The van der Waals surface area contributed by atoms with Crippen molar-refractivity contribution in [1.82, 2.24) is 19.1 Å². The molecule has 10 nitrogen and oxygen atoms in total. The highest BCUT2D eigenvalue weighted by molar-refractivity contribution is 7.99. The third kappa shape index (κ3) is 3.82. The van der Waals surface area contributed by atoms with Crippen LogP contribution in [0.15, 0.2) is 25.6 Å². The van der Waals surface area contributed by atoms with Gasteiger partial charge in [-0.05, 0) is 6.42 Å². The van der Waals surface area contributed by atoms with Gasteiger partial charge in [-0.15, -0.1) is 0 Å². The number of Topliss-reactive ketones (excluding diaryl/α,β-unsaturated/α-hetero) is 1. The molecule has 0 aromatic carbocycles. The van der Waals surface area contributed by atoms with E-state index in [1.807, 2.05) is 6.92 Å². The van der Waals surface area contributed by atoms with Crippen LogP contribution in [0, 0.1) is 0 Å². The molecule has 2 aromatic heterocycles. The summed E-state index contributed by atoms with van der Waals surface area (Å²) in [6.45, 7) is 2.13. The molecule has 0 aliphatic rings. The zero-order valence-electron chi connectivity index (χ0n) is 13.7. The summed E-state index contributed by atoms with van der Waals surface area (Å²) in [7, 11) is 1.29. The highest BCUT2D eigenvalue weighted by Gasteiger charge is 2.21. The van der Waals surface area contributed by atoms with Crippen molar-refractivity contribution in [2.24, 2.45) is 7.05 Å². The van der Waals surface area contributed by atoms with Crippen LogP contribution >= 0.6 is 11.8 Å². The van der Waals surface area contributed by atoms with Crippen molar-refractivity contribution in [2.75, 3.05) is 17.2 Å². The van der Waals surface area contributed by atoms with Gasteiger partial charge in [0.05, 0.1) is 5.75 Å². The summed E-state index contributed by atoms with van der Waals surface area (Å²) in [6, 6.07) is 1.11. The lowest BCUT2D eigenvalue weighted by Gasteiger charge is -2.13. The Kier molecular flexibility index (Phi) is 5.47. The number of aromatic amines is 1. The minimum absolute atomic E-state index is 0.0191. The molecule has 2 aromatic rings. The number of aromatic nitrogens is 4. The zero-order valence-corrected chi connectivity index (χ0v) is 14.6. The molecule has 2 rings (SSSR count). The van der Waals surface area contributed by atoms with Crippen LogP contribution in [-0.2, 0) is 13.6 Å². The number of hydrogen-bond donors (Lipinski definition) is 3. The van der Waals surface area contributed by atoms with Gasteiger partial charge in [0.2, 0.25) is 0 Å². The molecule has 2 heterocycles. The molecule has 0 unspecified atom stereocenters. The minimum Gasteiger partial charge on any atom is -0.384 e. The number of hydrogen-bond acceptors (Lipinski definition) is 8. The monoisotopic (exact) mass is 366 g/mol. The van der Waals surface area contributed by atoms with Crippen molar-refractivity contribution in [1.29, 1.82) is 0 Å². The predicted molar refractivity (Wildman–Crippen MR) is 95.0 cm³/mol. The van der Waals surface area contributed by atoms with E-state index in [1.54, 1.807) is 0 Å². The number of thioether (sulfide) groups is 1. The van der Waals surface area contributed by atoms with Crippen molar-refractivity contribution in [3.05, 3.63) is 42.8 Å². The Labute approximate surface area is 145 Å². The van der Waals surface area contributed by atoms with Crippen LogP contribution in [0.1, 0.15) is 23.7 Å². The lowest BCUT2D eigenvalue weighted by molar-refractivity contribution is 0.102. The lowest BCUT2D eigenvalue weighted by Crippen LogP contribution is -2.42. The van der Waals surface area contributed by atoms with Crippen LogP contribution in [0.2, 0.25) is 0 Å². The van der Waals surface area contributed by atoms with Crippen LogP contribution < -0.4 is 28.3 Å². The summed E-state index contributed by atoms with van der Waals surface area (Å²) < 4.78 is 2.05. The van der Waals surface area contributed by atoms with Crippen molar-refractivity contribution < 1.29 is 4.79 Å². The fourth-order valence-corrected chi connectivity index (χ4v) is 2.97. The van der Waals surface area contributed by atoms with Crippen molar-refractivity contribution in [3.63, 3.8) is 0 Å². The molecule has 0 fully saturated rings. The second-order valence-corrected chi connectivity index (χ2v) is 6.21. The maximum atomic E-state index is 12.5. The van der Waals surface area contributed by atoms with E-state index < -0.39 is 22.6 Å². The molecule has 0 aliphatic carbocycles. The van der Waals surface area contributed by atoms with Gasteiger partial charge in [-0.3, -0.25) is 23.5 Å². The molecule has 25 heavy (non-hydrogen) atoms. The molecule has 0 amide bonds. The molecule has 5 N–H and O–H groups in total. The molecular formula is C14H18N6O4S. The van der Waals surface area contributed by atoms with E-state index in [0.29, 0.717) is 6.42 Å². The third-order valence-corrected chi connectivity index (χ3v) is 4.26. The average Bonchev–Trinajstić information content (AvgIpc) is 2.54. The predicted octanol–water partition coefficient (Wildman–Crippen LogP) is -0.820. The summed E-state index contributed by atoms with van der Waals surface area (Å²) in [5.74, 6) is -0.908. The van der Waals surface area contributed by atoms with Crippen LogP contribution in [0.4, 0.5) is 11.6 Å². The molecule has 0 atom stereocenters. The zero-order chi connectivity index (χ0) is 18.7. The number of rotatable bonds is 6.